The van der Waals surface area contributed by atoms with Crippen molar-refractivity contribution in [1.29, 1.82) is 0 Å². The number of fused-ring (bicyclic) bond motifs is 2. The van der Waals surface area contributed by atoms with Crippen molar-refractivity contribution in [3.63, 3.8) is 0 Å². The van der Waals surface area contributed by atoms with Gasteiger partial charge in [-0.2, -0.15) is 0 Å². The van der Waals surface area contributed by atoms with Crippen molar-refractivity contribution in [2.45, 2.75) is 49.9 Å². The summed E-state index contributed by atoms with van der Waals surface area (Å²) in [6, 6.07) is 6.17. The van der Waals surface area contributed by atoms with Gasteiger partial charge in [0.2, 0.25) is 5.91 Å². The summed E-state index contributed by atoms with van der Waals surface area (Å²) in [5.41, 5.74) is -1.74. The molecule has 9 heteroatoms. The van der Waals surface area contributed by atoms with E-state index in [4.69, 9.17) is 14.2 Å². The lowest BCUT2D eigenvalue weighted by molar-refractivity contribution is -0.159. The van der Waals surface area contributed by atoms with Gasteiger partial charge in [0, 0.05) is 25.4 Å². The Hall–Kier alpha value is -3.17. The highest BCUT2D eigenvalue weighted by atomic mass is 16.6. The van der Waals surface area contributed by atoms with Gasteiger partial charge in [0.05, 0.1) is 19.6 Å². The lowest BCUT2D eigenvalue weighted by Crippen LogP contribution is -2.56. The lowest BCUT2D eigenvalue weighted by atomic mass is 9.73. The van der Waals surface area contributed by atoms with Crippen LogP contribution in [0, 0.1) is 11.8 Å². The van der Waals surface area contributed by atoms with Crippen LogP contribution in [0.1, 0.15) is 32.6 Å². The number of nitrogens with zero attached hydrogens (tertiary/aromatic N) is 2. The minimum atomic E-state index is -1.34. The van der Waals surface area contributed by atoms with Crippen LogP contribution in [0.15, 0.2) is 48.6 Å². The van der Waals surface area contributed by atoms with Gasteiger partial charge >= 0.3 is 5.97 Å². The first-order valence-corrected chi connectivity index (χ1v) is 13.0. The van der Waals surface area contributed by atoms with E-state index in [0.717, 1.165) is 6.42 Å². The molecule has 0 aliphatic carbocycles. The second-order valence-corrected chi connectivity index (χ2v) is 9.99. The van der Waals surface area contributed by atoms with E-state index in [1.54, 1.807) is 36.3 Å². The summed E-state index contributed by atoms with van der Waals surface area (Å²) < 4.78 is 17.7. The van der Waals surface area contributed by atoms with E-state index in [1.807, 2.05) is 31.2 Å². The summed E-state index contributed by atoms with van der Waals surface area (Å²) in [6.45, 7) is 2.52. The zero-order valence-corrected chi connectivity index (χ0v) is 21.3. The number of aliphatic hydroxyl groups is 1. The number of benzene rings is 1. The van der Waals surface area contributed by atoms with E-state index >= 15 is 0 Å². The number of carbonyl (C=O) groups is 3. The van der Waals surface area contributed by atoms with E-state index in [1.165, 1.54) is 4.90 Å². The minimum Gasteiger partial charge on any atom is -0.497 e. The highest BCUT2D eigenvalue weighted by Gasteiger charge is 2.75. The zero-order valence-electron chi connectivity index (χ0n) is 21.3. The molecule has 198 valence electrons. The number of carbonyl (C=O) groups excluding carboxylic acids is 3. The Morgan fingerprint density at radius 3 is 2.57 bits per heavy atom. The van der Waals surface area contributed by atoms with Gasteiger partial charge in [-0.3, -0.25) is 14.4 Å². The van der Waals surface area contributed by atoms with Crippen molar-refractivity contribution < 1.29 is 33.7 Å². The third kappa shape index (κ3) is 3.95. The molecule has 4 aliphatic heterocycles. The molecule has 5 atom stereocenters. The molecular weight excluding hydrogens is 476 g/mol. The number of ether oxygens (including phenoxy) is 3. The van der Waals surface area contributed by atoms with Gasteiger partial charge in [0.25, 0.3) is 5.91 Å². The van der Waals surface area contributed by atoms with E-state index < -0.39 is 35.0 Å². The summed E-state index contributed by atoms with van der Waals surface area (Å²) in [5, 5.41) is 9.55. The molecule has 2 amide bonds. The fraction of sp³-hybridized carbons (Fsp3) is 0.536. The number of aliphatic hydroxyl groups excluding tert-OH is 1. The van der Waals surface area contributed by atoms with Crippen molar-refractivity contribution in [1.82, 2.24) is 4.90 Å². The fourth-order valence-electron chi connectivity index (χ4n) is 6.35. The third-order valence-corrected chi connectivity index (χ3v) is 8.07. The first-order valence-electron chi connectivity index (χ1n) is 13.0. The molecule has 5 rings (SSSR count). The van der Waals surface area contributed by atoms with Crippen molar-refractivity contribution >= 4 is 23.5 Å². The minimum absolute atomic E-state index is 0.131. The van der Waals surface area contributed by atoms with Crippen LogP contribution in [0.25, 0.3) is 0 Å². The van der Waals surface area contributed by atoms with Crippen LogP contribution in [-0.2, 0) is 23.9 Å². The van der Waals surface area contributed by atoms with E-state index in [2.05, 4.69) is 0 Å². The van der Waals surface area contributed by atoms with Crippen LogP contribution in [0.4, 0.5) is 5.69 Å². The van der Waals surface area contributed by atoms with Crippen LogP contribution in [0.3, 0.4) is 0 Å². The van der Waals surface area contributed by atoms with Gasteiger partial charge in [-0.05, 0) is 49.9 Å². The van der Waals surface area contributed by atoms with Crippen LogP contribution in [0.5, 0.6) is 5.75 Å². The monoisotopic (exact) mass is 510 g/mol. The van der Waals surface area contributed by atoms with E-state index in [9.17, 15) is 19.5 Å². The number of likely N-dealkylation sites (tertiary alicyclic amines) is 1. The molecule has 1 aromatic rings. The number of allylic oxidation sites excluding steroid dienone is 1. The summed E-state index contributed by atoms with van der Waals surface area (Å²) in [4.78, 5) is 45.0. The molecule has 1 N–H and O–H groups in total. The second-order valence-electron chi connectivity index (χ2n) is 9.99. The summed E-state index contributed by atoms with van der Waals surface area (Å²) in [6.07, 6.45) is 9.73. The SMILES string of the molecule is CC[C@]12/C=C\CCCOC(=O)[C@H]1[C@H]1C(=O)N(CCCO)C3C(=O)N(c4ccc(OC)cc4)CC=C[C@@]31O2. The molecule has 37 heavy (non-hydrogen) atoms. The number of methoxy groups -OCH3 is 1. The van der Waals surface area contributed by atoms with Crippen LogP contribution in [-0.4, -0.2) is 78.4 Å². The number of hydrogen-bond donors (Lipinski definition) is 1. The maximum atomic E-state index is 14.3. The largest absolute Gasteiger partial charge is 0.497 e. The molecule has 2 fully saturated rings. The maximum absolute atomic E-state index is 14.3. The first-order chi connectivity index (χ1) is 17.9. The third-order valence-electron chi connectivity index (χ3n) is 8.07. The van der Waals surface area contributed by atoms with Crippen LogP contribution in [0.2, 0.25) is 0 Å². The van der Waals surface area contributed by atoms with Gasteiger partial charge in [0.15, 0.2) is 0 Å². The normalized spacial score (nSPS) is 34.0. The van der Waals surface area contributed by atoms with Gasteiger partial charge in [-0.1, -0.05) is 31.2 Å². The zero-order chi connectivity index (χ0) is 26.2. The molecule has 0 saturated carbocycles. The maximum Gasteiger partial charge on any atom is 0.313 e. The highest BCUT2D eigenvalue weighted by Crippen LogP contribution is 2.58. The fourth-order valence-corrected chi connectivity index (χ4v) is 6.35. The highest BCUT2D eigenvalue weighted by molar-refractivity contribution is 6.05. The predicted octanol–water partition coefficient (Wildman–Crippen LogP) is 2.23. The number of cyclic esters (lactones) is 1. The van der Waals surface area contributed by atoms with E-state index in [-0.39, 0.29) is 38.1 Å². The average Bonchev–Trinajstić information content (AvgIpc) is 3.28. The second kappa shape index (κ2) is 9.95. The number of esters is 1. The quantitative estimate of drug-likeness (QED) is 0.462. The molecule has 1 spiro atoms. The molecule has 2 saturated heterocycles. The standard InChI is InChI=1S/C28H34N2O7/c1-3-27-13-5-4-6-18-36-26(34)22(27)21-24(32)30(16-8-17-31)23-25(33)29(15-7-14-28(21,23)37-27)19-9-11-20(35-2)12-10-19/h5,7,9-14,21-23,31H,3-4,6,8,15-18H2,1-2H3/b13-5-/t21-,22+,23?,27-,28-/m0/s1. The Labute approximate surface area is 216 Å². The Balaban J connectivity index is 1.63. The number of hydrogen-bond acceptors (Lipinski definition) is 7. The number of amides is 2. The van der Waals surface area contributed by atoms with Gasteiger partial charge < -0.3 is 29.1 Å². The van der Waals surface area contributed by atoms with Gasteiger partial charge in [0.1, 0.15) is 28.9 Å². The smallest absolute Gasteiger partial charge is 0.313 e. The molecule has 0 radical (unpaired) electrons. The summed E-state index contributed by atoms with van der Waals surface area (Å²) in [5.74, 6) is -2.21. The van der Waals surface area contributed by atoms with Gasteiger partial charge in [-0.15, -0.1) is 0 Å². The Morgan fingerprint density at radius 2 is 1.86 bits per heavy atom. The summed E-state index contributed by atoms with van der Waals surface area (Å²) >= 11 is 0. The van der Waals surface area contributed by atoms with Crippen molar-refractivity contribution in [3.8, 4) is 5.75 Å². The summed E-state index contributed by atoms with van der Waals surface area (Å²) in [7, 11) is 1.58. The van der Waals surface area contributed by atoms with Crippen LogP contribution >= 0.6 is 0 Å². The molecule has 1 aromatic carbocycles. The Morgan fingerprint density at radius 1 is 1.08 bits per heavy atom. The molecule has 9 nitrogen and oxygen atoms in total. The topological polar surface area (TPSA) is 106 Å². The number of anilines is 1. The molecule has 4 aliphatic rings. The Kier molecular flexibility index (Phi) is 6.85. The number of rotatable bonds is 6. The van der Waals surface area contributed by atoms with Gasteiger partial charge in [-0.25, -0.2) is 0 Å². The molecule has 0 aromatic heterocycles. The molecule has 1 unspecified atom stereocenters. The van der Waals surface area contributed by atoms with E-state index in [0.29, 0.717) is 30.7 Å². The average molecular weight is 511 g/mol. The molecule has 0 bridgehead atoms. The van der Waals surface area contributed by atoms with Crippen LogP contribution < -0.4 is 9.64 Å². The van der Waals surface area contributed by atoms with Crippen molar-refractivity contribution in [2.75, 3.05) is 38.3 Å². The lowest BCUT2D eigenvalue weighted by Gasteiger charge is -2.38. The Bertz CT molecular complexity index is 1120. The van der Waals surface area contributed by atoms with Crippen molar-refractivity contribution in [3.05, 3.63) is 48.6 Å². The van der Waals surface area contributed by atoms with Crippen molar-refractivity contribution in [2.24, 2.45) is 11.8 Å². The predicted molar refractivity (Wildman–Crippen MR) is 135 cm³/mol. The molecule has 4 heterocycles. The first kappa shape index (κ1) is 25.5. The molecular formula is C28H34N2O7.